The van der Waals surface area contributed by atoms with Gasteiger partial charge in [-0.05, 0) is 12.3 Å². The monoisotopic (exact) mass is 566 g/mol. The Balaban J connectivity index is 1.25. The Morgan fingerprint density at radius 1 is 1.00 bits per heavy atom. The molecule has 1 saturated heterocycles. The van der Waals surface area contributed by atoms with Gasteiger partial charge < -0.3 is 34.7 Å². The molecule has 14 nitrogen and oxygen atoms in total. The summed E-state index contributed by atoms with van der Waals surface area (Å²) in [5.74, 6) is 2.38. The molecule has 1 saturated carbocycles. The smallest absolute Gasteiger partial charge is 0.258 e. The predicted octanol–water partition coefficient (Wildman–Crippen LogP) is 2.53. The molecule has 4 N–H and O–H groups in total. The lowest BCUT2D eigenvalue weighted by Gasteiger charge is -2.21. The number of anilines is 2. The number of nitrogens with one attached hydrogen (secondary N) is 2. The molecule has 5 heterocycles. The number of aryl methyl sites for hydroxylation is 2. The van der Waals surface area contributed by atoms with Gasteiger partial charge in [0.25, 0.3) is 5.89 Å². The molecule has 4 aromatic heterocycles. The Kier molecular flexibility index (Phi) is 8.12. The molecule has 4 atom stereocenters. The first-order valence-corrected chi connectivity index (χ1v) is 14.5. The molecule has 41 heavy (non-hydrogen) atoms. The van der Waals surface area contributed by atoms with Crippen LogP contribution in [-0.2, 0) is 24.6 Å². The lowest BCUT2D eigenvalue weighted by atomic mass is 9.87. The number of nitrogens with zero attached hydrogens (tertiary/aromatic N) is 8. The van der Waals surface area contributed by atoms with Crippen molar-refractivity contribution in [3.05, 3.63) is 36.3 Å². The molecule has 4 aromatic rings. The van der Waals surface area contributed by atoms with Crippen LogP contribution in [-0.4, -0.2) is 74.7 Å². The second-order valence-corrected chi connectivity index (χ2v) is 11.0. The van der Waals surface area contributed by atoms with Crippen molar-refractivity contribution in [1.82, 2.24) is 39.2 Å². The largest absolute Gasteiger partial charge is 0.387 e. The lowest BCUT2D eigenvalue weighted by Crippen LogP contribution is -2.29. The molecule has 0 amide bonds. The Morgan fingerprint density at radius 2 is 1.85 bits per heavy atom. The third kappa shape index (κ3) is 5.90. The maximum absolute atomic E-state index is 11.0. The van der Waals surface area contributed by atoms with Crippen LogP contribution in [0.5, 0.6) is 0 Å². The molecule has 0 unspecified atom stereocenters. The maximum atomic E-state index is 11.0. The molecular formula is C27H38N10O4. The minimum absolute atomic E-state index is 0.122. The average molecular weight is 567 g/mol. The van der Waals surface area contributed by atoms with Crippen molar-refractivity contribution in [2.45, 2.75) is 82.8 Å². The van der Waals surface area contributed by atoms with Crippen LogP contribution in [0.3, 0.4) is 0 Å². The second-order valence-electron chi connectivity index (χ2n) is 11.0. The van der Waals surface area contributed by atoms with E-state index in [1.54, 1.807) is 17.2 Å². The number of aliphatic hydroxyl groups excluding tert-OH is 2. The van der Waals surface area contributed by atoms with Crippen molar-refractivity contribution in [2.75, 3.05) is 23.7 Å². The van der Waals surface area contributed by atoms with E-state index in [4.69, 9.17) is 19.2 Å². The van der Waals surface area contributed by atoms with Crippen molar-refractivity contribution in [2.24, 2.45) is 13.0 Å². The summed E-state index contributed by atoms with van der Waals surface area (Å²) in [5.41, 5.74) is 1.99. The number of fused-ring (bicyclic) bond motifs is 1. The van der Waals surface area contributed by atoms with Gasteiger partial charge in [0.05, 0.1) is 18.3 Å². The fourth-order valence-corrected chi connectivity index (χ4v) is 5.69. The topological polar surface area (TPSA) is 174 Å². The zero-order chi connectivity index (χ0) is 28.3. The molecule has 0 radical (unpaired) electrons. The number of hydrogen-bond donors (Lipinski definition) is 4. The van der Waals surface area contributed by atoms with Gasteiger partial charge in [0.1, 0.15) is 12.2 Å². The van der Waals surface area contributed by atoms with E-state index in [-0.39, 0.29) is 5.89 Å². The molecule has 2 fully saturated rings. The van der Waals surface area contributed by atoms with E-state index in [1.165, 1.54) is 32.1 Å². The maximum Gasteiger partial charge on any atom is 0.258 e. The lowest BCUT2D eigenvalue weighted by molar-refractivity contribution is -0.0451. The molecule has 2 aliphatic rings. The van der Waals surface area contributed by atoms with Gasteiger partial charge in [0.15, 0.2) is 35.1 Å². The molecule has 6 rings (SSSR count). The highest BCUT2D eigenvalue weighted by molar-refractivity contribution is 5.84. The molecule has 0 bridgehead atoms. The van der Waals surface area contributed by atoms with E-state index in [9.17, 15) is 10.2 Å². The SMILES string of the molecule is CCc1noc([C@H]2O[C@@H](n3cnc4c(NCCC5CCCCC5)nc(NCCc5cn(C)cn5)nc43)[C@H](O)[C@@H]2O)n1. The Morgan fingerprint density at radius 3 is 2.61 bits per heavy atom. The van der Waals surface area contributed by atoms with Gasteiger partial charge >= 0.3 is 0 Å². The van der Waals surface area contributed by atoms with Crippen LogP contribution >= 0.6 is 0 Å². The molecular weight excluding hydrogens is 528 g/mol. The first-order valence-electron chi connectivity index (χ1n) is 14.5. The van der Waals surface area contributed by atoms with Crippen LogP contribution in [0.15, 0.2) is 23.4 Å². The van der Waals surface area contributed by atoms with E-state index < -0.39 is 24.5 Å². The van der Waals surface area contributed by atoms with E-state index in [0.29, 0.717) is 48.1 Å². The van der Waals surface area contributed by atoms with Gasteiger partial charge in [-0.1, -0.05) is 44.2 Å². The molecule has 220 valence electrons. The van der Waals surface area contributed by atoms with Crippen LogP contribution in [0, 0.1) is 5.92 Å². The number of aliphatic hydroxyl groups is 2. The summed E-state index contributed by atoms with van der Waals surface area (Å²) in [6.45, 7) is 3.26. The van der Waals surface area contributed by atoms with Crippen LogP contribution in [0.1, 0.15) is 75.2 Å². The zero-order valence-electron chi connectivity index (χ0n) is 23.5. The van der Waals surface area contributed by atoms with E-state index in [0.717, 1.165) is 24.6 Å². The van der Waals surface area contributed by atoms with Crippen LogP contribution in [0.2, 0.25) is 0 Å². The summed E-state index contributed by atoms with van der Waals surface area (Å²) < 4.78 is 14.9. The zero-order valence-corrected chi connectivity index (χ0v) is 23.5. The fourth-order valence-electron chi connectivity index (χ4n) is 5.69. The third-order valence-corrected chi connectivity index (χ3v) is 7.97. The van der Waals surface area contributed by atoms with Gasteiger partial charge in [-0.15, -0.1) is 0 Å². The Labute approximate surface area is 237 Å². The van der Waals surface area contributed by atoms with Crippen molar-refractivity contribution in [3.63, 3.8) is 0 Å². The Hall–Kier alpha value is -3.62. The van der Waals surface area contributed by atoms with E-state index in [1.807, 2.05) is 24.7 Å². The highest BCUT2D eigenvalue weighted by atomic mass is 16.6. The fraction of sp³-hybridized carbons (Fsp3) is 0.630. The highest BCUT2D eigenvalue weighted by Gasteiger charge is 2.47. The van der Waals surface area contributed by atoms with Crippen molar-refractivity contribution >= 4 is 22.9 Å². The number of rotatable bonds is 11. The quantitative estimate of drug-likeness (QED) is 0.209. The summed E-state index contributed by atoms with van der Waals surface area (Å²) in [7, 11) is 1.94. The van der Waals surface area contributed by atoms with Gasteiger partial charge in [0.2, 0.25) is 5.95 Å². The van der Waals surface area contributed by atoms with Gasteiger partial charge in [-0.25, -0.2) is 9.97 Å². The van der Waals surface area contributed by atoms with E-state index >= 15 is 0 Å². The average Bonchev–Trinajstić information content (AvgIpc) is 3.77. The minimum atomic E-state index is -1.27. The van der Waals surface area contributed by atoms with Gasteiger partial charge in [-0.3, -0.25) is 4.57 Å². The summed E-state index contributed by atoms with van der Waals surface area (Å²) in [5, 5.41) is 32.5. The number of ether oxygens (including phenoxy) is 1. The minimum Gasteiger partial charge on any atom is -0.387 e. The molecule has 14 heteroatoms. The normalized spacial score (nSPS) is 23.4. The van der Waals surface area contributed by atoms with Gasteiger partial charge in [0, 0.05) is 39.2 Å². The molecule has 0 aromatic carbocycles. The number of imidazole rings is 2. The van der Waals surface area contributed by atoms with Crippen molar-refractivity contribution < 1.29 is 19.5 Å². The first kappa shape index (κ1) is 27.5. The van der Waals surface area contributed by atoms with Gasteiger partial charge in [-0.2, -0.15) is 15.0 Å². The van der Waals surface area contributed by atoms with Crippen LogP contribution in [0.4, 0.5) is 11.8 Å². The number of aromatic nitrogens is 8. The summed E-state index contributed by atoms with van der Waals surface area (Å²) in [4.78, 5) is 22.7. The van der Waals surface area contributed by atoms with E-state index in [2.05, 4.69) is 30.7 Å². The standard InChI is InChI=1S/C27H38N10O4/c1-3-18-32-25(41-35-18)22-20(38)21(39)26(40-22)37-15-31-19-23(28-11-9-16-7-5-4-6-8-16)33-27(34-24(19)37)29-12-10-17-13-36(2)14-30-17/h13-16,20-22,26,38-39H,3-12H2,1-2H3,(H2,28,29,33,34)/t20-,21+,22-,26+/m0/s1. The predicted molar refractivity (Wildman–Crippen MR) is 149 cm³/mol. The van der Waals surface area contributed by atoms with Crippen LogP contribution in [0.25, 0.3) is 11.2 Å². The second kappa shape index (κ2) is 12.1. The third-order valence-electron chi connectivity index (χ3n) is 7.97. The van der Waals surface area contributed by atoms with Crippen molar-refractivity contribution in [1.29, 1.82) is 0 Å². The molecule has 1 aliphatic heterocycles. The molecule has 0 spiro atoms. The van der Waals surface area contributed by atoms with Crippen LogP contribution < -0.4 is 10.6 Å². The summed E-state index contributed by atoms with van der Waals surface area (Å²) in [6, 6.07) is 0. The van der Waals surface area contributed by atoms with Crippen molar-refractivity contribution in [3.8, 4) is 0 Å². The summed E-state index contributed by atoms with van der Waals surface area (Å²) in [6.07, 6.45) is 9.65. The highest BCUT2D eigenvalue weighted by Crippen LogP contribution is 2.39. The Bertz CT molecular complexity index is 1440. The molecule has 1 aliphatic carbocycles. The number of hydrogen-bond acceptors (Lipinski definition) is 12. The summed E-state index contributed by atoms with van der Waals surface area (Å²) >= 11 is 0. The first-order chi connectivity index (χ1) is 20.0.